The molecule has 3 N–H and O–H groups in total. The number of rotatable bonds is 3. The quantitative estimate of drug-likeness (QED) is 0.385. The van der Waals surface area contributed by atoms with Crippen LogP contribution >= 0.6 is 0 Å². The van der Waals surface area contributed by atoms with Crippen molar-refractivity contribution in [3.63, 3.8) is 0 Å². The summed E-state index contributed by atoms with van der Waals surface area (Å²) in [5.74, 6) is 0.506. The summed E-state index contributed by atoms with van der Waals surface area (Å²) in [5.41, 5.74) is 7.59. The SMILES string of the molecule is Cc1ccnc(OC2CCC(C)(C)CC2)c1/C(N)=N/O. The van der Waals surface area contributed by atoms with Crippen molar-refractivity contribution in [2.75, 3.05) is 0 Å². The van der Waals surface area contributed by atoms with Crippen molar-refractivity contribution in [1.82, 2.24) is 4.98 Å². The molecule has 110 valence electrons. The van der Waals surface area contributed by atoms with Gasteiger partial charge in [-0.2, -0.15) is 0 Å². The average molecular weight is 277 g/mol. The Morgan fingerprint density at radius 2 is 2.10 bits per heavy atom. The molecule has 5 nitrogen and oxygen atoms in total. The highest BCUT2D eigenvalue weighted by Crippen LogP contribution is 2.36. The van der Waals surface area contributed by atoms with Gasteiger partial charge < -0.3 is 15.7 Å². The number of nitrogens with two attached hydrogens (primary N) is 1. The van der Waals surface area contributed by atoms with E-state index in [-0.39, 0.29) is 11.9 Å². The van der Waals surface area contributed by atoms with Crippen LogP contribution in [0, 0.1) is 12.3 Å². The molecule has 0 spiro atoms. The maximum absolute atomic E-state index is 8.89. The Morgan fingerprint density at radius 3 is 2.70 bits per heavy atom. The van der Waals surface area contributed by atoms with Gasteiger partial charge in [0.2, 0.25) is 5.88 Å². The standard InChI is InChI=1S/C15H23N3O2/c1-10-6-9-17-14(12(10)13(16)18-19)20-11-4-7-15(2,3)8-5-11/h6,9,11,19H,4-5,7-8H2,1-3H3,(H2,16,18). The minimum absolute atomic E-state index is 0.0433. The Hall–Kier alpha value is -1.78. The van der Waals surface area contributed by atoms with Crippen molar-refractivity contribution < 1.29 is 9.94 Å². The highest BCUT2D eigenvalue weighted by molar-refractivity contribution is 6.00. The molecule has 0 unspecified atom stereocenters. The molecule has 5 heteroatoms. The first kappa shape index (κ1) is 14.6. The summed E-state index contributed by atoms with van der Waals surface area (Å²) in [6.45, 7) is 6.47. The molecule has 1 aliphatic carbocycles. The fraction of sp³-hybridized carbons (Fsp3) is 0.600. The smallest absolute Gasteiger partial charge is 0.225 e. The summed E-state index contributed by atoms with van der Waals surface area (Å²) >= 11 is 0. The van der Waals surface area contributed by atoms with E-state index in [9.17, 15) is 0 Å². The van der Waals surface area contributed by atoms with Gasteiger partial charge in [0.1, 0.15) is 6.10 Å². The van der Waals surface area contributed by atoms with Crippen LogP contribution in [0.4, 0.5) is 0 Å². The number of nitrogens with zero attached hydrogens (tertiary/aromatic N) is 2. The van der Waals surface area contributed by atoms with Gasteiger partial charge in [-0.05, 0) is 49.7 Å². The first-order valence-electron chi connectivity index (χ1n) is 7.03. The van der Waals surface area contributed by atoms with Gasteiger partial charge >= 0.3 is 0 Å². The summed E-state index contributed by atoms with van der Waals surface area (Å²) in [4.78, 5) is 4.24. The van der Waals surface area contributed by atoms with Gasteiger partial charge in [0.25, 0.3) is 0 Å². The van der Waals surface area contributed by atoms with Crippen molar-refractivity contribution in [3.05, 3.63) is 23.4 Å². The predicted octanol–water partition coefficient (Wildman–Crippen LogP) is 2.83. The number of hydrogen-bond donors (Lipinski definition) is 2. The fourth-order valence-corrected chi connectivity index (χ4v) is 2.63. The maximum Gasteiger partial charge on any atom is 0.225 e. The van der Waals surface area contributed by atoms with Crippen LogP contribution in [0.3, 0.4) is 0 Å². The molecule has 0 atom stereocenters. The Bertz CT molecular complexity index is 502. The van der Waals surface area contributed by atoms with Gasteiger partial charge in [-0.3, -0.25) is 0 Å². The van der Waals surface area contributed by atoms with Crippen LogP contribution in [-0.2, 0) is 0 Å². The van der Waals surface area contributed by atoms with Crippen molar-refractivity contribution in [2.45, 2.75) is 52.6 Å². The van der Waals surface area contributed by atoms with E-state index in [2.05, 4.69) is 24.0 Å². The predicted molar refractivity (Wildman–Crippen MR) is 78.1 cm³/mol. The zero-order valence-corrected chi connectivity index (χ0v) is 12.4. The first-order chi connectivity index (χ1) is 9.43. The van der Waals surface area contributed by atoms with Crippen LogP contribution in [0.5, 0.6) is 5.88 Å². The number of ether oxygens (including phenoxy) is 1. The lowest BCUT2D eigenvalue weighted by Gasteiger charge is -2.34. The van der Waals surface area contributed by atoms with E-state index in [1.54, 1.807) is 6.20 Å². The van der Waals surface area contributed by atoms with Crippen molar-refractivity contribution in [2.24, 2.45) is 16.3 Å². The second-order valence-corrected chi connectivity index (χ2v) is 6.27. The molecule has 1 aliphatic rings. The summed E-state index contributed by atoms with van der Waals surface area (Å²) in [5, 5.41) is 12.0. The first-order valence-corrected chi connectivity index (χ1v) is 7.03. The van der Waals surface area contributed by atoms with E-state index in [0.717, 1.165) is 31.2 Å². The zero-order valence-electron chi connectivity index (χ0n) is 12.4. The molecule has 0 radical (unpaired) electrons. The number of hydrogen-bond acceptors (Lipinski definition) is 4. The number of amidine groups is 1. The van der Waals surface area contributed by atoms with E-state index in [1.807, 2.05) is 13.0 Å². The molecule has 1 aromatic rings. The van der Waals surface area contributed by atoms with Crippen LogP contribution in [0.1, 0.15) is 50.7 Å². The average Bonchev–Trinajstić information content (AvgIpc) is 2.41. The van der Waals surface area contributed by atoms with Gasteiger partial charge in [0.05, 0.1) is 5.56 Å². The lowest BCUT2D eigenvalue weighted by molar-refractivity contribution is 0.0946. The third-order valence-electron chi connectivity index (χ3n) is 4.05. The molecule has 1 saturated carbocycles. The van der Waals surface area contributed by atoms with Gasteiger partial charge in [-0.25, -0.2) is 4.98 Å². The molecule has 1 aromatic heterocycles. The number of oxime groups is 1. The Kier molecular flexibility index (Phi) is 4.16. The fourth-order valence-electron chi connectivity index (χ4n) is 2.63. The van der Waals surface area contributed by atoms with E-state index in [4.69, 9.17) is 15.7 Å². The summed E-state index contributed by atoms with van der Waals surface area (Å²) in [6, 6.07) is 1.82. The van der Waals surface area contributed by atoms with Gasteiger partial charge in [0, 0.05) is 6.20 Å². The topological polar surface area (TPSA) is 80.7 Å². The second-order valence-electron chi connectivity index (χ2n) is 6.27. The highest BCUT2D eigenvalue weighted by Gasteiger charge is 2.28. The minimum atomic E-state index is 0.0433. The molecule has 20 heavy (non-hydrogen) atoms. The van der Waals surface area contributed by atoms with Crippen LogP contribution < -0.4 is 10.5 Å². The molecule has 0 amide bonds. The van der Waals surface area contributed by atoms with Gasteiger partial charge in [-0.15, -0.1) is 0 Å². The third kappa shape index (κ3) is 3.21. The van der Waals surface area contributed by atoms with E-state index >= 15 is 0 Å². The highest BCUT2D eigenvalue weighted by atomic mass is 16.5. The second kappa shape index (κ2) is 5.69. The summed E-state index contributed by atoms with van der Waals surface area (Å²) in [6.07, 6.45) is 6.15. The van der Waals surface area contributed by atoms with Crippen molar-refractivity contribution in [1.29, 1.82) is 0 Å². The molecule has 0 aliphatic heterocycles. The van der Waals surface area contributed by atoms with Crippen molar-refractivity contribution in [3.8, 4) is 5.88 Å². The zero-order chi connectivity index (χ0) is 14.8. The Morgan fingerprint density at radius 1 is 1.45 bits per heavy atom. The molecule has 0 saturated heterocycles. The maximum atomic E-state index is 8.89. The minimum Gasteiger partial charge on any atom is -0.474 e. The monoisotopic (exact) mass is 277 g/mol. The summed E-state index contributed by atoms with van der Waals surface area (Å²) < 4.78 is 6.00. The van der Waals surface area contributed by atoms with Gasteiger partial charge in [-0.1, -0.05) is 19.0 Å². The van der Waals surface area contributed by atoms with Crippen LogP contribution in [0.25, 0.3) is 0 Å². The molecule has 0 aromatic carbocycles. The third-order valence-corrected chi connectivity index (χ3v) is 4.05. The van der Waals surface area contributed by atoms with Crippen molar-refractivity contribution >= 4 is 5.84 Å². The normalized spacial score (nSPS) is 19.9. The van der Waals surface area contributed by atoms with E-state index in [1.165, 1.54) is 0 Å². The lowest BCUT2D eigenvalue weighted by atomic mass is 9.76. The molecular weight excluding hydrogens is 254 g/mol. The largest absolute Gasteiger partial charge is 0.474 e. The summed E-state index contributed by atoms with van der Waals surface area (Å²) in [7, 11) is 0. The molecule has 1 heterocycles. The number of pyridine rings is 1. The Balaban J connectivity index is 2.16. The molecule has 1 fully saturated rings. The van der Waals surface area contributed by atoms with E-state index < -0.39 is 0 Å². The number of aromatic nitrogens is 1. The van der Waals surface area contributed by atoms with E-state index in [0.29, 0.717) is 16.9 Å². The number of aryl methyl sites for hydroxylation is 1. The lowest BCUT2D eigenvalue weighted by Crippen LogP contribution is -2.29. The molecular formula is C15H23N3O2. The Labute approximate surface area is 119 Å². The van der Waals surface area contributed by atoms with Crippen LogP contribution in [0.15, 0.2) is 17.4 Å². The molecule has 2 rings (SSSR count). The van der Waals surface area contributed by atoms with Gasteiger partial charge in [0.15, 0.2) is 5.84 Å². The molecule has 0 bridgehead atoms. The van der Waals surface area contributed by atoms with Crippen LogP contribution in [-0.4, -0.2) is 22.1 Å². The van der Waals surface area contributed by atoms with Crippen LogP contribution in [0.2, 0.25) is 0 Å².